The summed E-state index contributed by atoms with van der Waals surface area (Å²) in [5.41, 5.74) is 0. The first-order valence-electron chi connectivity index (χ1n) is 5.03. The van der Waals surface area contributed by atoms with Crippen molar-refractivity contribution in [1.29, 1.82) is 0 Å². The molecule has 6 unspecified atom stereocenters. The molecule has 1 nitrogen and oxygen atoms in total. The molecular formula is C11H17NU. The van der Waals surface area contributed by atoms with Crippen molar-refractivity contribution in [3.63, 3.8) is 0 Å². The van der Waals surface area contributed by atoms with E-state index >= 15 is 0 Å². The minimum atomic E-state index is 0. The minimum absolute atomic E-state index is 0. The van der Waals surface area contributed by atoms with Gasteiger partial charge in [-0.25, -0.2) is 0 Å². The van der Waals surface area contributed by atoms with Crippen molar-refractivity contribution in [3.8, 4) is 0 Å². The van der Waals surface area contributed by atoms with Crippen LogP contribution in [0.5, 0.6) is 0 Å². The van der Waals surface area contributed by atoms with E-state index in [-0.39, 0.29) is 38.5 Å². The zero-order valence-corrected chi connectivity index (χ0v) is 12.3. The van der Waals surface area contributed by atoms with Crippen LogP contribution in [0.15, 0.2) is 0 Å². The molecule has 4 rings (SSSR count). The third-order valence-corrected chi connectivity index (χ3v) is 4.58. The van der Waals surface area contributed by atoms with E-state index < -0.39 is 0 Å². The molecule has 1 heterocycles. The van der Waals surface area contributed by atoms with Crippen LogP contribution in [0.25, 0.3) is 0 Å². The first kappa shape index (κ1) is 10.5. The molecule has 0 aromatic carbocycles. The van der Waals surface area contributed by atoms with Gasteiger partial charge in [0.05, 0.1) is 0 Å². The average molecular weight is 401 g/mol. The first-order chi connectivity index (χ1) is 5.43. The van der Waals surface area contributed by atoms with Crippen LogP contribution in [0.4, 0.5) is 0 Å². The summed E-state index contributed by atoms with van der Waals surface area (Å²) in [7, 11) is 0. The Labute approximate surface area is 105 Å². The van der Waals surface area contributed by atoms with Gasteiger partial charge in [-0.1, -0.05) is 12.3 Å². The predicted molar refractivity (Wildman–Crippen MR) is 49.2 cm³/mol. The second-order valence-corrected chi connectivity index (χ2v) is 4.91. The molecule has 6 atom stereocenters. The Morgan fingerprint density at radius 2 is 2.08 bits per heavy atom. The maximum Gasteiger partial charge on any atom is 2.00 e. The normalized spacial score (nSPS) is 59.1. The van der Waals surface area contributed by atoms with Crippen molar-refractivity contribution in [2.75, 3.05) is 0 Å². The molecule has 4 fully saturated rings. The summed E-state index contributed by atoms with van der Waals surface area (Å²) in [6.45, 7) is 0. The van der Waals surface area contributed by atoms with Crippen LogP contribution in [0.3, 0.4) is 0 Å². The molecule has 0 spiro atoms. The van der Waals surface area contributed by atoms with Gasteiger partial charge in [-0.2, -0.15) is 12.3 Å². The van der Waals surface area contributed by atoms with E-state index in [1.54, 1.807) is 6.42 Å². The third kappa shape index (κ3) is 1.22. The summed E-state index contributed by atoms with van der Waals surface area (Å²) in [6.07, 6.45) is 7.12. The number of nitrogens with one attached hydrogen (secondary N) is 1. The van der Waals surface area contributed by atoms with Crippen molar-refractivity contribution in [2.24, 2.45) is 23.7 Å². The molecule has 3 aliphatic carbocycles. The van der Waals surface area contributed by atoms with Gasteiger partial charge < -0.3 is 19.2 Å². The summed E-state index contributed by atoms with van der Waals surface area (Å²) < 4.78 is 0. The molecule has 3 saturated carbocycles. The van der Waals surface area contributed by atoms with Crippen molar-refractivity contribution in [2.45, 2.75) is 31.3 Å². The van der Waals surface area contributed by atoms with E-state index in [2.05, 4.69) is 11.7 Å². The van der Waals surface area contributed by atoms with E-state index in [1.165, 1.54) is 12.8 Å². The van der Waals surface area contributed by atoms with E-state index in [1.807, 2.05) is 0 Å². The van der Waals surface area contributed by atoms with Crippen molar-refractivity contribution < 1.29 is 31.1 Å². The topological polar surface area (TPSA) is 21.9 Å². The van der Waals surface area contributed by atoms with E-state index in [4.69, 9.17) is 0 Å². The number of rotatable bonds is 0. The molecular weight excluding hydrogens is 384 g/mol. The minimum Gasteiger partial charge on any atom is -0.358 e. The predicted octanol–water partition coefficient (Wildman–Crippen LogP) is 1.66. The van der Waals surface area contributed by atoms with Gasteiger partial charge in [0.2, 0.25) is 0 Å². The van der Waals surface area contributed by atoms with Gasteiger partial charge in [0.15, 0.2) is 0 Å². The summed E-state index contributed by atoms with van der Waals surface area (Å²) in [5, 5.41) is 3.60. The van der Waals surface area contributed by atoms with Gasteiger partial charge in [-0.3, -0.25) is 0 Å². The Morgan fingerprint density at radius 1 is 1.23 bits per heavy atom. The van der Waals surface area contributed by atoms with Crippen LogP contribution in [0, 0.1) is 68.6 Å². The van der Waals surface area contributed by atoms with Gasteiger partial charge in [0.1, 0.15) is 0 Å². The van der Waals surface area contributed by atoms with Crippen LogP contribution in [0.1, 0.15) is 19.3 Å². The molecule has 13 heavy (non-hydrogen) atoms. The fourth-order valence-corrected chi connectivity index (χ4v) is 4.15. The molecule has 0 amide bonds. The maximum atomic E-state index is 3.60. The summed E-state index contributed by atoms with van der Waals surface area (Å²) >= 11 is 0. The van der Waals surface area contributed by atoms with Crippen LogP contribution in [-0.4, -0.2) is 12.1 Å². The number of hydrogen-bond acceptors (Lipinski definition) is 1. The Morgan fingerprint density at radius 3 is 2.85 bits per heavy atom. The standard InChI is InChI=1S/C10H14N.CH3.U/c1-2-6-3-5(1)7-4-8-10(11-8)9(6)7;;/h2,5-11H,1,3-4H2;1H3;/q2*-1;+2. The number of piperidine rings is 1. The quantitative estimate of drug-likeness (QED) is 0.484. The van der Waals surface area contributed by atoms with Crippen LogP contribution in [0.2, 0.25) is 0 Å². The van der Waals surface area contributed by atoms with Crippen molar-refractivity contribution in [1.82, 2.24) is 5.32 Å². The average Bonchev–Trinajstić information content (AvgIpc) is 2.53. The fourth-order valence-electron chi connectivity index (χ4n) is 4.15. The summed E-state index contributed by atoms with van der Waals surface area (Å²) in [4.78, 5) is 0. The molecule has 1 N–H and O–H groups in total. The second kappa shape index (κ2) is 3.26. The van der Waals surface area contributed by atoms with Crippen LogP contribution < -0.4 is 5.32 Å². The maximum absolute atomic E-state index is 3.60. The van der Waals surface area contributed by atoms with Gasteiger partial charge in [0, 0.05) is 12.1 Å². The summed E-state index contributed by atoms with van der Waals surface area (Å²) in [6, 6.07) is 1.92. The Bertz CT molecular complexity index is 218. The molecule has 0 aromatic rings. The van der Waals surface area contributed by atoms with Crippen LogP contribution in [-0.2, 0) is 0 Å². The zero-order valence-electron chi connectivity index (χ0n) is 8.16. The molecule has 4 aliphatic rings. The van der Waals surface area contributed by atoms with Gasteiger partial charge in [-0.05, 0) is 18.3 Å². The molecule has 70 valence electrons. The molecule has 0 aromatic heterocycles. The molecule has 2 bridgehead atoms. The zero-order chi connectivity index (χ0) is 7.00. The second-order valence-electron chi connectivity index (χ2n) is 4.91. The van der Waals surface area contributed by atoms with Crippen molar-refractivity contribution >= 4 is 0 Å². The van der Waals surface area contributed by atoms with Crippen LogP contribution >= 0.6 is 0 Å². The third-order valence-electron chi connectivity index (χ3n) is 4.58. The number of hydrogen-bond donors (Lipinski definition) is 1. The van der Waals surface area contributed by atoms with Gasteiger partial charge >= 0.3 is 31.1 Å². The Kier molecular flexibility index (Phi) is 2.64. The SMILES string of the molecule is [CH-]1CC2CC1C1C2CC2NC21.[CH3-].[U+2]. The van der Waals surface area contributed by atoms with E-state index in [9.17, 15) is 0 Å². The Hall–Kier alpha value is 1.01. The fraction of sp³-hybridized carbons (Fsp3) is 0.818. The molecule has 1 aliphatic heterocycles. The molecule has 2 heteroatoms. The van der Waals surface area contributed by atoms with Crippen molar-refractivity contribution in [3.05, 3.63) is 13.8 Å². The Balaban J connectivity index is 0.000000327. The van der Waals surface area contributed by atoms with E-state index in [0.29, 0.717) is 0 Å². The largest absolute Gasteiger partial charge is 2.00 e. The monoisotopic (exact) mass is 401 g/mol. The smallest absolute Gasteiger partial charge is 0.358 e. The first-order valence-corrected chi connectivity index (χ1v) is 5.03. The molecule has 0 radical (unpaired) electrons. The van der Waals surface area contributed by atoms with Gasteiger partial charge in [-0.15, -0.1) is 0 Å². The van der Waals surface area contributed by atoms with Gasteiger partial charge in [0.25, 0.3) is 0 Å². The van der Waals surface area contributed by atoms with E-state index in [0.717, 1.165) is 35.8 Å². The summed E-state index contributed by atoms with van der Waals surface area (Å²) in [5.74, 6) is 4.36. The number of fused-ring (bicyclic) bond motifs is 7. The molecule has 1 saturated heterocycles.